The Hall–Kier alpha value is -2.51. The van der Waals surface area contributed by atoms with Gasteiger partial charge >= 0.3 is 10.3 Å². The van der Waals surface area contributed by atoms with Gasteiger partial charge in [0.2, 0.25) is 0 Å². The molecule has 2 aromatic rings. The minimum absolute atomic E-state index is 0.0994. The predicted molar refractivity (Wildman–Crippen MR) is 133 cm³/mol. The first-order valence-corrected chi connectivity index (χ1v) is 13.5. The second kappa shape index (κ2) is 9.51. The van der Waals surface area contributed by atoms with Gasteiger partial charge in [0.15, 0.2) is 11.6 Å². The Kier molecular flexibility index (Phi) is 6.57. The topological polar surface area (TPSA) is 178 Å². The number of hydrogen-bond donors (Lipinski definition) is 6. The number of aromatic nitrogens is 2. The highest BCUT2D eigenvalue weighted by Crippen LogP contribution is 2.51. The Labute approximate surface area is 205 Å². The monoisotopic (exact) mass is 503 g/mol. The Morgan fingerprint density at radius 1 is 1.14 bits per heavy atom. The van der Waals surface area contributed by atoms with Crippen LogP contribution in [0.25, 0.3) is 0 Å². The number of anilines is 3. The van der Waals surface area contributed by atoms with E-state index in [-0.39, 0.29) is 30.0 Å². The van der Waals surface area contributed by atoms with Crippen molar-refractivity contribution in [2.75, 3.05) is 36.1 Å². The van der Waals surface area contributed by atoms with E-state index in [1.165, 1.54) is 17.5 Å². The van der Waals surface area contributed by atoms with Crippen molar-refractivity contribution >= 4 is 27.6 Å². The molecular weight excluding hydrogens is 470 g/mol. The van der Waals surface area contributed by atoms with Gasteiger partial charge < -0.3 is 26.8 Å². The van der Waals surface area contributed by atoms with Crippen LogP contribution in [0, 0.1) is 5.92 Å². The highest BCUT2D eigenvalue weighted by molar-refractivity contribution is 7.84. The van der Waals surface area contributed by atoms with Crippen LogP contribution in [0.3, 0.4) is 0 Å². The summed E-state index contributed by atoms with van der Waals surface area (Å²) in [7, 11) is -4.05. The van der Waals surface area contributed by atoms with Crippen LogP contribution in [-0.2, 0) is 19.9 Å². The fraction of sp³-hybridized carbons (Fsp3) is 0.565. The average molecular weight is 504 g/mol. The number of aliphatic hydroxyl groups excluding tert-OH is 1. The first kappa shape index (κ1) is 24.2. The van der Waals surface area contributed by atoms with Gasteiger partial charge in [-0.3, -0.25) is 4.18 Å². The largest absolute Gasteiger partial charge is 0.393 e. The van der Waals surface area contributed by atoms with Gasteiger partial charge in [0.05, 0.1) is 18.8 Å². The molecule has 8 N–H and O–H groups in total. The van der Waals surface area contributed by atoms with Gasteiger partial charge in [0.1, 0.15) is 12.0 Å². The molecule has 12 heteroatoms. The molecular formula is C23H33N7O4S. The minimum atomic E-state index is -4.05. The summed E-state index contributed by atoms with van der Waals surface area (Å²) in [6, 6.07) is 8.58. The van der Waals surface area contributed by atoms with Crippen LogP contribution in [0.15, 0.2) is 30.6 Å². The smallest absolute Gasteiger partial charge is 0.333 e. The molecule has 1 aromatic heterocycles. The number of benzene rings is 1. The molecule has 1 saturated carbocycles. The maximum Gasteiger partial charge on any atom is 0.333 e. The molecule has 4 atom stereocenters. The summed E-state index contributed by atoms with van der Waals surface area (Å²) < 4.78 is 26.8. The Bertz CT molecular complexity index is 1170. The number of nitrogen functional groups attached to an aromatic ring is 1. The number of rotatable bonds is 7. The van der Waals surface area contributed by atoms with E-state index < -0.39 is 16.4 Å². The molecule has 1 aliphatic heterocycles. The number of nitrogens with two attached hydrogens (primary N) is 2. The number of fused-ring (bicyclic) bond motifs is 2. The summed E-state index contributed by atoms with van der Waals surface area (Å²) in [6.07, 6.45) is 4.86. The van der Waals surface area contributed by atoms with Crippen molar-refractivity contribution in [1.82, 2.24) is 15.3 Å². The third-order valence-electron chi connectivity index (χ3n) is 7.70. The number of piperidine rings is 1. The summed E-state index contributed by atoms with van der Waals surface area (Å²) in [5.41, 5.74) is 9.75. The summed E-state index contributed by atoms with van der Waals surface area (Å²) in [4.78, 5) is 8.74. The highest BCUT2D eigenvalue weighted by Gasteiger charge is 2.44. The van der Waals surface area contributed by atoms with Crippen molar-refractivity contribution < 1.29 is 17.7 Å². The standard InChI is InChI=1S/C23H33N7O4S/c24-20-21(29-15-9-14(19(31)10-15)12-34-35(25,32)33)27-13-28-22(20)30-18-11-23(5-7-26-8-6-23)17-4-2-1-3-16(17)18/h1-4,13-15,18-19,26,31H,5-12,24H2,(H2,25,32,33)(H2,27,28,29,30)/t14?,15?,18-,19?/m0/s1. The average Bonchev–Trinajstić information content (AvgIpc) is 3.32. The molecule has 1 spiro atoms. The van der Waals surface area contributed by atoms with Crippen molar-refractivity contribution in [2.24, 2.45) is 11.1 Å². The summed E-state index contributed by atoms with van der Waals surface area (Å²) >= 11 is 0. The third kappa shape index (κ3) is 5.07. The van der Waals surface area contributed by atoms with Gasteiger partial charge in [-0.2, -0.15) is 8.42 Å². The lowest BCUT2D eigenvalue weighted by atomic mass is 9.74. The fourth-order valence-electron chi connectivity index (χ4n) is 5.97. The number of hydrogen-bond acceptors (Lipinski definition) is 10. The Morgan fingerprint density at radius 3 is 2.60 bits per heavy atom. The molecule has 3 unspecified atom stereocenters. The molecule has 2 aliphatic carbocycles. The van der Waals surface area contributed by atoms with Gasteiger partial charge in [-0.1, -0.05) is 24.3 Å². The summed E-state index contributed by atoms with van der Waals surface area (Å²) in [6.45, 7) is 1.87. The van der Waals surface area contributed by atoms with E-state index in [0.29, 0.717) is 30.2 Å². The van der Waals surface area contributed by atoms with Crippen LogP contribution < -0.4 is 26.8 Å². The van der Waals surface area contributed by atoms with Crippen LogP contribution >= 0.6 is 0 Å². The normalized spacial score (nSPS) is 27.6. The fourth-order valence-corrected chi connectivity index (χ4v) is 6.33. The molecule has 5 rings (SSSR count). The van der Waals surface area contributed by atoms with E-state index in [1.807, 2.05) is 0 Å². The van der Waals surface area contributed by atoms with Crippen LogP contribution in [-0.4, -0.2) is 55.3 Å². The SMILES string of the molecule is Nc1c(NC2CC(O)C(COS(N)(=O)=O)C2)ncnc1N[C@H]1CC2(CCNCC2)c2ccccc21. The van der Waals surface area contributed by atoms with E-state index in [1.54, 1.807) is 0 Å². The van der Waals surface area contributed by atoms with Crippen molar-refractivity contribution in [2.45, 2.75) is 55.7 Å². The van der Waals surface area contributed by atoms with Crippen LogP contribution in [0.2, 0.25) is 0 Å². The van der Waals surface area contributed by atoms with Crippen molar-refractivity contribution in [3.05, 3.63) is 41.7 Å². The molecule has 3 aliphatic rings. The van der Waals surface area contributed by atoms with E-state index in [0.717, 1.165) is 32.4 Å². The lowest BCUT2D eigenvalue weighted by molar-refractivity contribution is 0.101. The van der Waals surface area contributed by atoms with Crippen LogP contribution in [0.4, 0.5) is 17.3 Å². The Morgan fingerprint density at radius 2 is 1.86 bits per heavy atom. The highest BCUT2D eigenvalue weighted by atomic mass is 32.2. The second-order valence-corrected chi connectivity index (χ2v) is 11.1. The van der Waals surface area contributed by atoms with Crippen LogP contribution in [0.1, 0.15) is 49.3 Å². The zero-order valence-electron chi connectivity index (χ0n) is 19.5. The van der Waals surface area contributed by atoms with Crippen molar-refractivity contribution in [3.63, 3.8) is 0 Å². The van der Waals surface area contributed by atoms with Gasteiger partial charge in [-0.05, 0) is 56.3 Å². The van der Waals surface area contributed by atoms with Gasteiger partial charge in [-0.15, -0.1) is 0 Å². The molecule has 2 heterocycles. The molecule has 35 heavy (non-hydrogen) atoms. The van der Waals surface area contributed by atoms with E-state index in [9.17, 15) is 13.5 Å². The number of aliphatic hydroxyl groups is 1. The zero-order valence-corrected chi connectivity index (χ0v) is 20.3. The maximum atomic E-state index is 11.1. The van der Waals surface area contributed by atoms with Crippen molar-refractivity contribution in [1.29, 1.82) is 0 Å². The third-order valence-corrected chi connectivity index (χ3v) is 8.17. The van der Waals surface area contributed by atoms with E-state index >= 15 is 0 Å². The second-order valence-electron chi connectivity index (χ2n) is 9.92. The molecule has 0 bridgehead atoms. The number of nitrogens with one attached hydrogen (secondary N) is 3. The lowest BCUT2D eigenvalue weighted by Crippen LogP contribution is -2.38. The number of nitrogens with zero attached hydrogens (tertiary/aromatic N) is 2. The molecule has 0 radical (unpaired) electrons. The summed E-state index contributed by atoms with van der Waals surface area (Å²) in [5, 5.41) is 25.6. The summed E-state index contributed by atoms with van der Waals surface area (Å²) in [5.74, 6) is 0.694. The first-order valence-electron chi connectivity index (χ1n) is 12.0. The molecule has 2 fully saturated rings. The molecule has 11 nitrogen and oxygen atoms in total. The molecule has 190 valence electrons. The molecule has 0 amide bonds. The quantitative estimate of drug-likeness (QED) is 0.319. The predicted octanol–water partition coefficient (Wildman–Crippen LogP) is 1.01. The molecule has 1 saturated heterocycles. The van der Waals surface area contributed by atoms with Gasteiger partial charge in [0, 0.05) is 17.4 Å². The van der Waals surface area contributed by atoms with Gasteiger partial charge in [-0.25, -0.2) is 15.1 Å². The van der Waals surface area contributed by atoms with E-state index in [2.05, 4.69) is 54.4 Å². The van der Waals surface area contributed by atoms with E-state index in [4.69, 9.17) is 10.9 Å². The first-order chi connectivity index (χ1) is 16.7. The molecule has 1 aromatic carbocycles. The van der Waals surface area contributed by atoms with Crippen molar-refractivity contribution in [3.8, 4) is 0 Å². The Balaban J connectivity index is 1.29. The lowest BCUT2D eigenvalue weighted by Gasteiger charge is -2.35. The minimum Gasteiger partial charge on any atom is -0.393 e. The maximum absolute atomic E-state index is 11.1. The van der Waals surface area contributed by atoms with Crippen LogP contribution in [0.5, 0.6) is 0 Å². The van der Waals surface area contributed by atoms with Gasteiger partial charge in [0.25, 0.3) is 0 Å². The zero-order chi connectivity index (χ0) is 24.6.